The maximum absolute atomic E-state index is 12.0. The van der Waals surface area contributed by atoms with E-state index in [1.807, 2.05) is 13.8 Å². The second-order valence-corrected chi connectivity index (χ2v) is 4.62. The Kier molecular flexibility index (Phi) is 4.55. The van der Waals surface area contributed by atoms with Crippen LogP contribution in [0, 0.1) is 0 Å². The third-order valence-electron chi connectivity index (χ3n) is 3.15. The van der Waals surface area contributed by atoms with Crippen molar-refractivity contribution in [1.82, 2.24) is 5.32 Å². The fraction of sp³-hybridized carbons (Fsp3) is 0.462. The van der Waals surface area contributed by atoms with Crippen LogP contribution in [-0.2, 0) is 0 Å². The number of nitrogens with one attached hydrogen (secondary N) is 1. The minimum atomic E-state index is -0.456. The minimum Gasteiger partial charge on any atom is -0.506 e. The topological polar surface area (TPSA) is 95.6 Å². The Hall–Kier alpha value is -1.75. The highest BCUT2D eigenvalue weighted by Gasteiger charge is 2.24. The second-order valence-electron chi connectivity index (χ2n) is 4.62. The number of aliphatic hydroxyl groups is 1. The average molecular weight is 252 g/mol. The molecule has 1 amide bonds. The summed E-state index contributed by atoms with van der Waals surface area (Å²) in [7, 11) is 0. The molecular weight excluding hydrogens is 232 g/mol. The number of anilines is 1. The average Bonchev–Trinajstić information content (AvgIpc) is 2.32. The molecule has 0 saturated heterocycles. The van der Waals surface area contributed by atoms with E-state index in [-0.39, 0.29) is 24.0 Å². The molecule has 0 aliphatic heterocycles. The number of nitrogens with two attached hydrogens (primary N) is 1. The molecule has 0 heterocycles. The quantitative estimate of drug-likeness (QED) is 0.468. The minimum absolute atomic E-state index is 0.0115. The number of nitrogen functional groups attached to an aromatic ring is 1. The van der Waals surface area contributed by atoms with Crippen molar-refractivity contribution in [3.05, 3.63) is 23.8 Å². The lowest BCUT2D eigenvalue weighted by Gasteiger charge is -2.29. The molecule has 1 atom stereocenters. The van der Waals surface area contributed by atoms with Crippen molar-refractivity contribution in [2.24, 2.45) is 0 Å². The number of phenols is 1. The highest BCUT2D eigenvalue weighted by molar-refractivity contribution is 5.95. The lowest BCUT2D eigenvalue weighted by molar-refractivity contribution is 0.0886. The first-order valence-electron chi connectivity index (χ1n) is 5.93. The van der Waals surface area contributed by atoms with Gasteiger partial charge >= 0.3 is 0 Å². The third kappa shape index (κ3) is 3.37. The molecule has 0 aliphatic rings. The van der Waals surface area contributed by atoms with Crippen molar-refractivity contribution in [2.75, 3.05) is 12.3 Å². The fourth-order valence-corrected chi connectivity index (χ4v) is 1.61. The Labute approximate surface area is 107 Å². The van der Waals surface area contributed by atoms with E-state index in [4.69, 9.17) is 10.8 Å². The molecule has 0 fully saturated rings. The number of rotatable bonds is 5. The van der Waals surface area contributed by atoms with E-state index in [9.17, 15) is 9.90 Å². The number of aliphatic hydroxyl groups excluding tert-OH is 1. The summed E-state index contributed by atoms with van der Waals surface area (Å²) in [6.07, 6.45) is 1.19. The van der Waals surface area contributed by atoms with Crippen molar-refractivity contribution in [1.29, 1.82) is 0 Å². The van der Waals surface area contributed by atoms with Gasteiger partial charge in [0.25, 0.3) is 5.91 Å². The molecule has 5 nitrogen and oxygen atoms in total. The van der Waals surface area contributed by atoms with Gasteiger partial charge in [0.1, 0.15) is 5.75 Å². The molecule has 1 aromatic rings. The van der Waals surface area contributed by atoms with Gasteiger partial charge in [-0.3, -0.25) is 4.79 Å². The lowest BCUT2D eigenvalue weighted by atomic mass is 9.94. The van der Waals surface area contributed by atoms with Crippen molar-refractivity contribution < 1.29 is 15.0 Å². The van der Waals surface area contributed by atoms with Gasteiger partial charge < -0.3 is 21.3 Å². The van der Waals surface area contributed by atoms with Crippen LogP contribution in [0.4, 0.5) is 5.69 Å². The predicted molar refractivity (Wildman–Crippen MR) is 70.4 cm³/mol. The molecule has 0 radical (unpaired) electrons. The van der Waals surface area contributed by atoms with Crippen molar-refractivity contribution in [3.63, 3.8) is 0 Å². The molecule has 0 bridgehead atoms. The Bertz CT molecular complexity index is 434. The molecule has 0 saturated carbocycles. The van der Waals surface area contributed by atoms with Gasteiger partial charge in [0.05, 0.1) is 5.69 Å². The molecule has 18 heavy (non-hydrogen) atoms. The van der Waals surface area contributed by atoms with Crippen LogP contribution in [0.3, 0.4) is 0 Å². The zero-order valence-corrected chi connectivity index (χ0v) is 10.7. The van der Waals surface area contributed by atoms with Gasteiger partial charge in [-0.1, -0.05) is 6.92 Å². The van der Waals surface area contributed by atoms with Crippen molar-refractivity contribution in [3.8, 4) is 5.75 Å². The maximum atomic E-state index is 12.0. The van der Waals surface area contributed by atoms with Gasteiger partial charge in [0.15, 0.2) is 0 Å². The van der Waals surface area contributed by atoms with E-state index >= 15 is 0 Å². The van der Waals surface area contributed by atoms with E-state index in [2.05, 4.69) is 5.32 Å². The summed E-state index contributed by atoms with van der Waals surface area (Å²) in [6, 6.07) is 4.37. The van der Waals surface area contributed by atoms with E-state index < -0.39 is 5.54 Å². The van der Waals surface area contributed by atoms with Crippen LogP contribution in [0.5, 0.6) is 5.75 Å². The van der Waals surface area contributed by atoms with Crippen LogP contribution < -0.4 is 11.1 Å². The molecule has 0 aliphatic carbocycles. The van der Waals surface area contributed by atoms with Crippen LogP contribution >= 0.6 is 0 Å². The first kappa shape index (κ1) is 14.3. The summed E-state index contributed by atoms with van der Waals surface area (Å²) in [4.78, 5) is 12.0. The van der Waals surface area contributed by atoms with E-state index in [1.54, 1.807) is 6.07 Å². The largest absolute Gasteiger partial charge is 0.506 e. The zero-order chi connectivity index (χ0) is 13.8. The van der Waals surface area contributed by atoms with Crippen molar-refractivity contribution in [2.45, 2.75) is 32.2 Å². The Balaban J connectivity index is 2.84. The number of carbonyl (C=O) groups excluding carboxylic acids is 1. The molecule has 1 unspecified atom stereocenters. The standard InChI is InChI=1S/C13H20N2O3/c1-3-13(2,6-7-16)15-12(18)9-4-5-10(14)11(17)8-9/h4-5,8,16-17H,3,6-7,14H2,1-2H3,(H,15,18). The highest BCUT2D eigenvalue weighted by atomic mass is 16.3. The molecular formula is C13H20N2O3. The number of benzene rings is 1. The normalized spacial score (nSPS) is 13.9. The number of hydrogen-bond acceptors (Lipinski definition) is 4. The van der Waals surface area contributed by atoms with Gasteiger partial charge in [-0.05, 0) is 38.0 Å². The third-order valence-corrected chi connectivity index (χ3v) is 3.15. The first-order chi connectivity index (χ1) is 8.41. The molecule has 5 N–H and O–H groups in total. The van der Waals surface area contributed by atoms with E-state index in [0.29, 0.717) is 18.4 Å². The Morgan fingerprint density at radius 3 is 2.67 bits per heavy atom. The molecule has 0 aromatic heterocycles. The van der Waals surface area contributed by atoms with Gasteiger partial charge in [-0.25, -0.2) is 0 Å². The fourth-order valence-electron chi connectivity index (χ4n) is 1.61. The second kappa shape index (κ2) is 5.73. The molecule has 1 rings (SSSR count). The smallest absolute Gasteiger partial charge is 0.251 e. The summed E-state index contributed by atoms with van der Waals surface area (Å²) in [5, 5.41) is 21.3. The summed E-state index contributed by atoms with van der Waals surface area (Å²) in [5.41, 5.74) is 5.60. The van der Waals surface area contributed by atoms with Crippen LogP contribution in [-0.4, -0.2) is 28.3 Å². The van der Waals surface area contributed by atoms with Crippen molar-refractivity contribution >= 4 is 11.6 Å². The number of phenolic OH excluding ortho intramolecular Hbond substituents is 1. The van der Waals surface area contributed by atoms with E-state index in [1.165, 1.54) is 12.1 Å². The van der Waals surface area contributed by atoms with Gasteiger partial charge in [-0.2, -0.15) is 0 Å². The summed E-state index contributed by atoms with van der Waals surface area (Å²) in [5.74, 6) is -0.397. The Morgan fingerprint density at radius 2 is 2.17 bits per heavy atom. The SMILES string of the molecule is CCC(C)(CCO)NC(=O)c1ccc(N)c(O)c1. The number of hydrogen-bond donors (Lipinski definition) is 4. The van der Waals surface area contributed by atoms with Crippen LogP contribution in [0.25, 0.3) is 0 Å². The van der Waals surface area contributed by atoms with Crippen LogP contribution in [0.2, 0.25) is 0 Å². The summed E-state index contributed by atoms with van der Waals surface area (Å²) >= 11 is 0. The molecule has 5 heteroatoms. The molecule has 100 valence electrons. The lowest BCUT2D eigenvalue weighted by Crippen LogP contribution is -2.46. The number of carbonyl (C=O) groups is 1. The van der Waals surface area contributed by atoms with Crippen LogP contribution in [0.1, 0.15) is 37.0 Å². The summed E-state index contributed by atoms with van der Waals surface area (Å²) < 4.78 is 0. The van der Waals surface area contributed by atoms with Gasteiger partial charge in [0.2, 0.25) is 0 Å². The highest BCUT2D eigenvalue weighted by Crippen LogP contribution is 2.21. The number of aromatic hydroxyl groups is 1. The van der Waals surface area contributed by atoms with Gasteiger partial charge in [-0.15, -0.1) is 0 Å². The summed E-state index contributed by atoms with van der Waals surface area (Å²) in [6.45, 7) is 3.83. The number of amides is 1. The Morgan fingerprint density at radius 1 is 1.50 bits per heavy atom. The van der Waals surface area contributed by atoms with Crippen LogP contribution in [0.15, 0.2) is 18.2 Å². The van der Waals surface area contributed by atoms with E-state index in [0.717, 1.165) is 0 Å². The monoisotopic (exact) mass is 252 g/mol. The molecule has 0 spiro atoms. The first-order valence-corrected chi connectivity index (χ1v) is 5.93. The maximum Gasteiger partial charge on any atom is 0.251 e. The predicted octanol–water partition coefficient (Wildman–Crippen LogP) is 1.26. The molecule has 1 aromatic carbocycles. The van der Waals surface area contributed by atoms with Gasteiger partial charge in [0, 0.05) is 17.7 Å². The zero-order valence-electron chi connectivity index (χ0n) is 10.7.